The first-order valence-corrected chi connectivity index (χ1v) is 11.8. The van der Waals surface area contributed by atoms with Crippen LogP contribution in [0.25, 0.3) is 16.8 Å². The van der Waals surface area contributed by atoms with Crippen LogP contribution in [-0.4, -0.2) is 63.4 Å². The molecule has 36 heavy (non-hydrogen) atoms. The Morgan fingerprint density at radius 2 is 1.92 bits per heavy atom. The molecule has 2 aliphatic rings. The number of morpholine rings is 1. The molecule has 4 aromatic rings. The summed E-state index contributed by atoms with van der Waals surface area (Å²) in [5.41, 5.74) is 3.57. The summed E-state index contributed by atoms with van der Waals surface area (Å²) < 4.78 is 27.3. The maximum Gasteiger partial charge on any atom is 0.253 e. The Bertz CT molecular complexity index is 1400. The standard InChI is InChI=1S/C25H24FN7O3/c26-20-14-28-25(30-22-2-1-18(12-27-22)32-7-10-36-15-23(32)34)31-24(20)17-3-6-33-21(11-17)19(13-29-33)16-4-8-35-9-5-16/h1-3,6,11-14,16H,4-5,7-10,15H2,(H,27,28,30,31). The van der Waals surface area contributed by atoms with Crippen molar-refractivity contribution in [1.29, 1.82) is 0 Å². The molecular weight excluding hydrogens is 465 g/mol. The van der Waals surface area contributed by atoms with Crippen LogP contribution < -0.4 is 10.2 Å². The van der Waals surface area contributed by atoms with E-state index in [9.17, 15) is 9.18 Å². The van der Waals surface area contributed by atoms with Crippen molar-refractivity contribution < 1.29 is 18.7 Å². The number of nitrogens with one attached hydrogen (secondary N) is 1. The van der Waals surface area contributed by atoms with Gasteiger partial charge < -0.3 is 19.7 Å². The van der Waals surface area contributed by atoms with Crippen molar-refractivity contribution in [3.8, 4) is 11.3 Å². The van der Waals surface area contributed by atoms with Gasteiger partial charge in [0.25, 0.3) is 5.91 Å². The van der Waals surface area contributed by atoms with Crippen LogP contribution in [-0.2, 0) is 14.3 Å². The van der Waals surface area contributed by atoms with Crippen molar-refractivity contribution in [2.24, 2.45) is 0 Å². The highest BCUT2D eigenvalue weighted by molar-refractivity contribution is 5.94. The summed E-state index contributed by atoms with van der Waals surface area (Å²) in [6.45, 7) is 2.49. The Kier molecular flexibility index (Phi) is 5.99. The number of aromatic nitrogens is 5. The molecule has 0 aliphatic carbocycles. The monoisotopic (exact) mass is 489 g/mol. The molecule has 184 valence electrons. The number of anilines is 3. The summed E-state index contributed by atoms with van der Waals surface area (Å²) in [7, 11) is 0. The van der Waals surface area contributed by atoms with Crippen LogP contribution in [0.4, 0.5) is 21.8 Å². The number of hydrogen-bond donors (Lipinski definition) is 1. The predicted octanol–water partition coefficient (Wildman–Crippen LogP) is 3.33. The number of amides is 1. The summed E-state index contributed by atoms with van der Waals surface area (Å²) in [5, 5.41) is 7.49. The van der Waals surface area contributed by atoms with E-state index in [-0.39, 0.29) is 24.2 Å². The van der Waals surface area contributed by atoms with Crippen LogP contribution in [0, 0.1) is 5.82 Å². The molecule has 11 heteroatoms. The molecule has 2 fully saturated rings. The second-order valence-corrected chi connectivity index (χ2v) is 8.75. The first-order valence-electron chi connectivity index (χ1n) is 11.8. The Morgan fingerprint density at radius 1 is 1.03 bits per heavy atom. The van der Waals surface area contributed by atoms with Gasteiger partial charge in [-0.15, -0.1) is 0 Å². The first kappa shape index (κ1) is 22.5. The van der Waals surface area contributed by atoms with Gasteiger partial charge in [0, 0.05) is 37.1 Å². The van der Waals surface area contributed by atoms with Crippen LogP contribution in [0.5, 0.6) is 0 Å². The minimum Gasteiger partial charge on any atom is -0.381 e. The smallest absolute Gasteiger partial charge is 0.253 e. The highest BCUT2D eigenvalue weighted by Crippen LogP contribution is 2.32. The molecule has 0 unspecified atom stereocenters. The van der Waals surface area contributed by atoms with Crippen molar-refractivity contribution in [1.82, 2.24) is 24.6 Å². The van der Waals surface area contributed by atoms with E-state index in [2.05, 4.69) is 25.4 Å². The van der Waals surface area contributed by atoms with E-state index in [1.165, 1.54) is 0 Å². The van der Waals surface area contributed by atoms with E-state index in [0.29, 0.717) is 36.1 Å². The average Bonchev–Trinajstić information content (AvgIpc) is 3.34. The van der Waals surface area contributed by atoms with Crippen molar-refractivity contribution in [3.05, 3.63) is 60.4 Å². The van der Waals surface area contributed by atoms with E-state index < -0.39 is 5.82 Å². The second-order valence-electron chi connectivity index (χ2n) is 8.75. The highest BCUT2D eigenvalue weighted by Gasteiger charge is 2.22. The average molecular weight is 490 g/mol. The second kappa shape index (κ2) is 9.59. The quantitative estimate of drug-likeness (QED) is 0.455. The van der Waals surface area contributed by atoms with E-state index in [0.717, 1.165) is 43.3 Å². The number of nitrogens with zero attached hydrogens (tertiary/aromatic N) is 6. The lowest BCUT2D eigenvalue weighted by molar-refractivity contribution is -0.125. The number of ether oxygens (including phenoxy) is 2. The van der Waals surface area contributed by atoms with Crippen LogP contribution >= 0.6 is 0 Å². The molecule has 0 atom stereocenters. The number of carbonyl (C=O) groups is 1. The van der Waals surface area contributed by atoms with Crippen LogP contribution in [0.3, 0.4) is 0 Å². The van der Waals surface area contributed by atoms with Gasteiger partial charge in [0.1, 0.15) is 18.1 Å². The van der Waals surface area contributed by atoms with Crippen molar-refractivity contribution in [2.75, 3.05) is 43.2 Å². The predicted molar refractivity (Wildman–Crippen MR) is 130 cm³/mol. The van der Waals surface area contributed by atoms with E-state index in [1.807, 2.05) is 18.5 Å². The first-order chi connectivity index (χ1) is 17.7. The Morgan fingerprint density at radius 3 is 2.72 bits per heavy atom. The lowest BCUT2D eigenvalue weighted by Gasteiger charge is -2.26. The van der Waals surface area contributed by atoms with Crippen LogP contribution in [0.2, 0.25) is 0 Å². The van der Waals surface area contributed by atoms with Gasteiger partial charge in [0.15, 0.2) is 5.82 Å². The zero-order valence-corrected chi connectivity index (χ0v) is 19.4. The molecule has 0 bridgehead atoms. The zero-order valence-electron chi connectivity index (χ0n) is 19.4. The van der Waals surface area contributed by atoms with Crippen molar-refractivity contribution in [2.45, 2.75) is 18.8 Å². The van der Waals surface area contributed by atoms with E-state index in [1.54, 1.807) is 33.8 Å². The topological polar surface area (TPSA) is 107 Å². The third-order valence-electron chi connectivity index (χ3n) is 6.52. The molecule has 0 radical (unpaired) electrons. The van der Waals surface area contributed by atoms with Gasteiger partial charge in [0.2, 0.25) is 5.95 Å². The number of fused-ring (bicyclic) bond motifs is 1. The summed E-state index contributed by atoms with van der Waals surface area (Å²) in [6, 6.07) is 7.21. The van der Waals surface area contributed by atoms with Crippen molar-refractivity contribution >= 4 is 28.9 Å². The SMILES string of the molecule is O=C1COCCN1c1ccc(Nc2ncc(F)c(-c3ccn4ncc(C5CCOCC5)c4c3)n2)nc1. The minimum atomic E-state index is -0.522. The molecule has 1 N–H and O–H groups in total. The fraction of sp³-hybridized carbons (Fsp3) is 0.320. The lowest BCUT2D eigenvalue weighted by atomic mass is 9.92. The van der Waals surface area contributed by atoms with Crippen molar-refractivity contribution in [3.63, 3.8) is 0 Å². The Hall–Kier alpha value is -3.96. The van der Waals surface area contributed by atoms with E-state index >= 15 is 0 Å². The maximum atomic E-state index is 14.8. The summed E-state index contributed by atoms with van der Waals surface area (Å²) in [6.07, 6.45) is 8.32. The molecule has 0 spiro atoms. The van der Waals surface area contributed by atoms with Crippen LogP contribution in [0.1, 0.15) is 24.3 Å². The molecule has 4 aromatic heterocycles. The molecule has 0 aromatic carbocycles. The Labute approximate surface area is 206 Å². The zero-order chi connectivity index (χ0) is 24.5. The number of pyridine rings is 2. The van der Waals surface area contributed by atoms with Gasteiger partial charge in [-0.2, -0.15) is 5.10 Å². The molecular formula is C25H24FN7O3. The van der Waals surface area contributed by atoms with Gasteiger partial charge in [-0.25, -0.2) is 23.9 Å². The summed E-state index contributed by atoms with van der Waals surface area (Å²) in [5.74, 6) is 0.426. The maximum absolute atomic E-state index is 14.8. The number of carbonyl (C=O) groups excluding carboxylic acids is 1. The van der Waals surface area contributed by atoms with Gasteiger partial charge in [-0.1, -0.05) is 0 Å². The fourth-order valence-corrected chi connectivity index (χ4v) is 4.63. The Balaban J connectivity index is 1.25. The molecule has 0 saturated carbocycles. The van der Waals surface area contributed by atoms with E-state index in [4.69, 9.17) is 9.47 Å². The third-order valence-corrected chi connectivity index (χ3v) is 6.52. The molecule has 1 amide bonds. The molecule has 6 heterocycles. The van der Waals surface area contributed by atoms with Gasteiger partial charge in [-0.3, -0.25) is 4.79 Å². The molecule has 2 saturated heterocycles. The molecule has 10 nitrogen and oxygen atoms in total. The lowest BCUT2D eigenvalue weighted by Crippen LogP contribution is -2.41. The summed E-state index contributed by atoms with van der Waals surface area (Å²) >= 11 is 0. The fourth-order valence-electron chi connectivity index (χ4n) is 4.63. The molecule has 2 aliphatic heterocycles. The number of hydrogen-bond acceptors (Lipinski definition) is 8. The number of rotatable bonds is 5. The minimum absolute atomic E-state index is 0.0633. The molecule has 6 rings (SSSR count). The van der Waals surface area contributed by atoms with Crippen LogP contribution in [0.15, 0.2) is 49.1 Å². The number of halogens is 1. The van der Waals surface area contributed by atoms with Gasteiger partial charge >= 0.3 is 0 Å². The van der Waals surface area contributed by atoms with Gasteiger partial charge in [-0.05, 0) is 43.0 Å². The normalized spacial score (nSPS) is 17.0. The largest absolute Gasteiger partial charge is 0.381 e. The van der Waals surface area contributed by atoms with Gasteiger partial charge in [0.05, 0.1) is 36.4 Å². The third kappa shape index (κ3) is 4.38. The highest BCUT2D eigenvalue weighted by atomic mass is 19.1. The summed E-state index contributed by atoms with van der Waals surface area (Å²) in [4.78, 5) is 26.5.